The van der Waals surface area contributed by atoms with Crippen molar-refractivity contribution in [3.05, 3.63) is 194 Å². The van der Waals surface area contributed by atoms with Gasteiger partial charge in [0.15, 0.2) is 6.10 Å². The second kappa shape index (κ2) is 91.6. The van der Waals surface area contributed by atoms with Gasteiger partial charge < -0.3 is 34.2 Å². The summed E-state index contributed by atoms with van der Waals surface area (Å²) in [5.74, 6) is -1.59. The molecule has 0 aromatic heterocycles. The molecule has 0 radical (unpaired) electrons. The maximum Gasteiger partial charge on any atom is 0.472 e. The average Bonchev–Trinajstić information content (AvgIpc) is 0.891. The molecule has 0 spiro atoms. The fourth-order valence-corrected chi connectivity index (χ4v) is 13.9. The Labute approximate surface area is 725 Å². The van der Waals surface area contributed by atoms with Crippen molar-refractivity contribution in [3.63, 3.8) is 0 Å². The van der Waals surface area contributed by atoms with Crippen molar-refractivity contribution in [2.75, 3.05) is 39.6 Å². The van der Waals surface area contributed by atoms with E-state index in [1.54, 1.807) is 0 Å². The largest absolute Gasteiger partial charge is 0.472 e. The minimum absolute atomic E-state index is 0.0904. The van der Waals surface area contributed by atoms with Gasteiger partial charge in [0.2, 0.25) is 0 Å². The van der Waals surface area contributed by atoms with Crippen LogP contribution in [0.1, 0.15) is 367 Å². The number of aliphatic hydroxyl groups is 2. The fourth-order valence-electron chi connectivity index (χ4n) is 12.3. The Morgan fingerprint density at radius 3 is 0.706 bits per heavy atom. The number of unbranched alkanes of at least 4 members (excludes halogenated alkanes) is 32. The molecular weight excluding hydrogens is 1530 g/mol. The van der Waals surface area contributed by atoms with Gasteiger partial charge in [-0.05, 0) is 167 Å². The van der Waals surface area contributed by atoms with Crippen molar-refractivity contribution in [1.82, 2.24) is 0 Å². The highest BCUT2D eigenvalue weighted by atomic mass is 31.2. The zero-order chi connectivity index (χ0) is 86.5. The van der Waals surface area contributed by atoms with E-state index in [0.29, 0.717) is 19.3 Å². The van der Waals surface area contributed by atoms with Gasteiger partial charge in [-0.25, -0.2) is 9.13 Å². The topological polar surface area (TPSA) is 231 Å². The van der Waals surface area contributed by atoms with Crippen LogP contribution < -0.4 is 0 Å². The molecular formula is C101H168O16P2. The number of allylic oxidation sites excluding steroid dienone is 32. The normalized spacial score (nSPS) is 14.6. The monoisotopic (exact) mass is 1700 g/mol. The Morgan fingerprint density at radius 1 is 0.244 bits per heavy atom. The molecule has 0 fully saturated rings. The third-order valence-corrected chi connectivity index (χ3v) is 21.2. The molecule has 0 bridgehead atoms. The van der Waals surface area contributed by atoms with Crippen molar-refractivity contribution in [2.24, 2.45) is 0 Å². The van der Waals surface area contributed by atoms with E-state index in [-0.39, 0.29) is 19.3 Å². The number of phosphoric ester groups is 2. The first kappa shape index (κ1) is 113. The lowest BCUT2D eigenvalue weighted by Crippen LogP contribution is -2.30. The number of phosphoric acid groups is 2. The Kier molecular flexibility index (Phi) is 87.3. The summed E-state index contributed by atoms with van der Waals surface area (Å²) in [6, 6.07) is 0. The maximum absolute atomic E-state index is 13.1. The van der Waals surface area contributed by atoms with Gasteiger partial charge in [0, 0.05) is 19.3 Å². The zero-order valence-electron chi connectivity index (χ0n) is 74.7. The predicted octanol–water partition coefficient (Wildman–Crippen LogP) is 29.0. The molecule has 0 heterocycles. The number of rotatable bonds is 87. The van der Waals surface area contributed by atoms with Gasteiger partial charge in [-0.3, -0.25) is 32.5 Å². The van der Waals surface area contributed by atoms with Gasteiger partial charge in [0.05, 0.1) is 26.4 Å². The first-order chi connectivity index (χ1) is 58.2. The molecule has 0 aliphatic carbocycles. The van der Waals surface area contributed by atoms with E-state index in [1.807, 2.05) is 0 Å². The summed E-state index contributed by atoms with van der Waals surface area (Å²) in [7, 11) is -9.82. The minimum Gasteiger partial charge on any atom is -0.463 e. The van der Waals surface area contributed by atoms with Gasteiger partial charge >= 0.3 is 33.6 Å². The van der Waals surface area contributed by atoms with Crippen LogP contribution in [0, 0.1) is 0 Å². The van der Waals surface area contributed by atoms with Crippen LogP contribution in [0.4, 0.5) is 0 Å². The minimum atomic E-state index is -4.95. The number of carbonyl (C=O) groups excluding carboxylic acids is 3. The number of hydrogen-bond acceptors (Lipinski definition) is 14. The fraction of sp³-hybridized carbons (Fsp3) is 0.653. The Hall–Kier alpha value is -5.61. The summed E-state index contributed by atoms with van der Waals surface area (Å²) in [5.41, 5.74) is 0. The number of ether oxygens (including phenoxy) is 3. The van der Waals surface area contributed by atoms with Crippen LogP contribution in [0.25, 0.3) is 0 Å². The van der Waals surface area contributed by atoms with E-state index in [0.717, 1.165) is 193 Å². The van der Waals surface area contributed by atoms with Gasteiger partial charge in [0.1, 0.15) is 25.4 Å². The molecule has 0 amide bonds. The molecule has 5 atom stereocenters. The lowest BCUT2D eigenvalue weighted by atomic mass is 10.1. The van der Waals surface area contributed by atoms with Crippen molar-refractivity contribution >= 4 is 33.6 Å². The molecule has 0 rings (SSSR count). The SMILES string of the molecule is CC/C=C\C/C=C\C/C=C\C/C=C\C/C=C\C/C=C\CCCCCCCCCCCCC(=O)OCC(O)COP(=O)(O)OCC(O)COP(=O)(O)OCC(COC(=O)CCCCCCCCCCCC/C=C\C/C=C\C/C=C\C/C=C\C/C=C\C/C=C\CC)OC(=O)CCCCCCCCCCC/C=C\C/C=C\C/C=C\C/C=C\CCCCC. The van der Waals surface area contributed by atoms with Crippen LogP contribution >= 0.6 is 15.6 Å². The van der Waals surface area contributed by atoms with Gasteiger partial charge in [0.25, 0.3) is 0 Å². The zero-order valence-corrected chi connectivity index (χ0v) is 76.5. The molecule has 0 aromatic carbocycles. The molecule has 0 aliphatic rings. The highest BCUT2D eigenvalue weighted by Crippen LogP contribution is 2.45. The Bertz CT molecular complexity index is 2940. The summed E-state index contributed by atoms with van der Waals surface area (Å²) in [6.07, 6.45) is 122. The van der Waals surface area contributed by atoms with Crippen LogP contribution in [-0.4, -0.2) is 95.9 Å². The highest BCUT2D eigenvalue weighted by molar-refractivity contribution is 7.47. The quantitative estimate of drug-likeness (QED) is 0.0146. The van der Waals surface area contributed by atoms with Crippen LogP contribution in [0.15, 0.2) is 194 Å². The number of esters is 3. The Balaban J connectivity index is 4.69. The van der Waals surface area contributed by atoms with Crippen LogP contribution in [0.5, 0.6) is 0 Å². The van der Waals surface area contributed by atoms with Crippen LogP contribution in [0.2, 0.25) is 0 Å². The van der Waals surface area contributed by atoms with Crippen molar-refractivity contribution in [3.8, 4) is 0 Å². The highest BCUT2D eigenvalue weighted by Gasteiger charge is 2.29. The maximum atomic E-state index is 13.1. The Morgan fingerprint density at radius 2 is 0.445 bits per heavy atom. The van der Waals surface area contributed by atoms with Crippen molar-refractivity contribution in [1.29, 1.82) is 0 Å². The van der Waals surface area contributed by atoms with Gasteiger partial charge in [-0.15, -0.1) is 0 Å². The first-order valence-electron chi connectivity index (χ1n) is 46.7. The second-order valence-electron chi connectivity index (χ2n) is 30.7. The first-order valence-corrected chi connectivity index (χ1v) is 49.7. The summed E-state index contributed by atoms with van der Waals surface area (Å²) < 4.78 is 61.5. The van der Waals surface area contributed by atoms with Crippen molar-refractivity contribution < 1.29 is 75.8 Å². The van der Waals surface area contributed by atoms with Gasteiger partial charge in [-0.2, -0.15) is 0 Å². The van der Waals surface area contributed by atoms with E-state index in [4.69, 9.17) is 32.3 Å². The smallest absolute Gasteiger partial charge is 0.463 e. The second-order valence-corrected chi connectivity index (χ2v) is 33.6. The van der Waals surface area contributed by atoms with Gasteiger partial charge in [-0.1, -0.05) is 376 Å². The van der Waals surface area contributed by atoms with Crippen LogP contribution in [0.3, 0.4) is 0 Å². The number of hydrogen-bond donors (Lipinski definition) is 4. The lowest BCUT2D eigenvalue weighted by molar-refractivity contribution is -0.161. The van der Waals surface area contributed by atoms with E-state index >= 15 is 0 Å². The molecule has 119 heavy (non-hydrogen) atoms. The molecule has 0 saturated heterocycles. The van der Waals surface area contributed by atoms with Crippen molar-refractivity contribution in [2.45, 2.75) is 386 Å². The molecule has 0 aromatic rings. The summed E-state index contributed by atoms with van der Waals surface area (Å²) >= 11 is 0. The third kappa shape index (κ3) is 92.9. The molecule has 678 valence electrons. The molecule has 0 saturated carbocycles. The predicted molar refractivity (Wildman–Crippen MR) is 500 cm³/mol. The van der Waals surface area contributed by atoms with Crippen LogP contribution in [-0.2, 0) is 55.8 Å². The molecule has 4 N–H and O–H groups in total. The third-order valence-electron chi connectivity index (χ3n) is 19.3. The number of aliphatic hydroxyl groups excluding tert-OH is 2. The van der Waals surface area contributed by atoms with E-state index in [9.17, 15) is 43.5 Å². The lowest BCUT2D eigenvalue weighted by Gasteiger charge is -2.21. The molecule has 5 unspecified atom stereocenters. The molecule has 16 nitrogen and oxygen atoms in total. The van der Waals surface area contributed by atoms with E-state index in [1.165, 1.54) is 116 Å². The standard InChI is InChI=1S/C101H168O16P2/c1-4-7-10-13-16-19-22-25-28-31-34-37-40-43-45-47-49-52-54-57-60-63-66-69-72-75-78-81-84-87-99(104)111-90-96(102)91-113-118(107,108)114-92-97(103)93-115-119(109,110)116-95-98(117-101(106)89-86-83-80-77-74-71-68-65-62-59-56-51-42-39-36-33-30-27-24-21-18-15-12-9-6-3)94-112-100(105)88-85-82-79-76-73-70-67-64-61-58-55-53-50-48-46-44-41-38-35-32-29-26-23-20-17-14-11-8-5-2/h7-8,10-11,16-21,25-30,34-39,43-46,49-53,56,96-98,102-103H,4-6,9,12-15,22-24,31-33,40-42,47-48,54-55,57-95H2,1-3H3,(H,107,108)(H,109,110)/b10-7-,11-8-,19-16-,20-17-,21-18-,28-25-,29-26-,30-27-,37-34-,38-35-,39-36-,45-43-,46-44-,52-49-,53-50-,56-51-. The summed E-state index contributed by atoms with van der Waals surface area (Å²) in [4.78, 5) is 59.1. The van der Waals surface area contributed by atoms with E-state index in [2.05, 4.69) is 215 Å². The molecule has 0 aliphatic heterocycles. The van der Waals surface area contributed by atoms with E-state index < -0.39 is 91.5 Å². The molecule has 18 heteroatoms. The summed E-state index contributed by atoms with van der Waals surface area (Å²) in [6.45, 7) is 2.44. The number of carbonyl (C=O) groups is 3. The summed E-state index contributed by atoms with van der Waals surface area (Å²) in [5, 5.41) is 20.7. The average molecular weight is 1700 g/mol.